The van der Waals surface area contributed by atoms with E-state index in [1.165, 1.54) is 37.2 Å². The topological polar surface area (TPSA) is 12.5 Å². The summed E-state index contributed by atoms with van der Waals surface area (Å²) in [6.07, 6.45) is 2.45. The van der Waals surface area contributed by atoms with Gasteiger partial charge < -0.3 is 9.64 Å². The molecule has 0 N–H and O–H groups in total. The summed E-state index contributed by atoms with van der Waals surface area (Å²) in [4.78, 5) is 2.52. The van der Waals surface area contributed by atoms with Crippen LogP contribution in [-0.2, 0) is 11.2 Å². The Labute approximate surface area is 90.8 Å². The summed E-state index contributed by atoms with van der Waals surface area (Å²) >= 11 is 0. The van der Waals surface area contributed by atoms with Gasteiger partial charge in [-0.15, -0.1) is 0 Å². The van der Waals surface area contributed by atoms with E-state index in [9.17, 15) is 0 Å². The smallest absolute Gasteiger partial charge is 0.0512 e. The maximum Gasteiger partial charge on any atom is 0.0512 e. The van der Waals surface area contributed by atoms with Crippen molar-refractivity contribution in [2.24, 2.45) is 5.92 Å². The summed E-state index contributed by atoms with van der Waals surface area (Å²) in [5.74, 6) is 0.746. The van der Waals surface area contributed by atoms with E-state index in [0.29, 0.717) is 0 Å². The van der Waals surface area contributed by atoms with Crippen LogP contribution in [0.2, 0.25) is 0 Å². The van der Waals surface area contributed by atoms with E-state index in [1.807, 2.05) is 0 Å². The molecule has 2 aliphatic rings. The Morgan fingerprint density at radius 3 is 3.13 bits per heavy atom. The van der Waals surface area contributed by atoms with Crippen molar-refractivity contribution in [3.8, 4) is 0 Å². The fourth-order valence-electron chi connectivity index (χ4n) is 2.64. The van der Waals surface area contributed by atoms with Gasteiger partial charge in [-0.05, 0) is 24.5 Å². The molecule has 3 rings (SSSR count). The predicted molar refractivity (Wildman–Crippen MR) is 61.3 cm³/mol. The molecule has 80 valence electrons. The van der Waals surface area contributed by atoms with Crippen molar-refractivity contribution in [3.63, 3.8) is 0 Å². The zero-order valence-corrected chi connectivity index (χ0v) is 8.98. The lowest BCUT2D eigenvalue weighted by Gasteiger charge is -2.22. The highest BCUT2D eigenvalue weighted by Crippen LogP contribution is 2.29. The Balaban J connectivity index is 1.73. The number of rotatable bonds is 2. The molecule has 2 nitrogen and oxygen atoms in total. The maximum atomic E-state index is 5.43. The van der Waals surface area contributed by atoms with E-state index in [-0.39, 0.29) is 0 Å². The van der Waals surface area contributed by atoms with Crippen molar-refractivity contribution in [2.75, 3.05) is 31.2 Å². The van der Waals surface area contributed by atoms with Crippen LogP contribution in [0.15, 0.2) is 24.3 Å². The minimum atomic E-state index is 0.746. The summed E-state index contributed by atoms with van der Waals surface area (Å²) in [5, 5.41) is 0. The van der Waals surface area contributed by atoms with Gasteiger partial charge in [-0.2, -0.15) is 0 Å². The molecular formula is C13H17NO. The molecule has 15 heavy (non-hydrogen) atoms. The van der Waals surface area contributed by atoms with E-state index < -0.39 is 0 Å². The van der Waals surface area contributed by atoms with E-state index >= 15 is 0 Å². The molecule has 1 fully saturated rings. The summed E-state index contributed by atoms with van der Waals surface area (Å²) in [7, 11) is 0. The van der Waals surface area contributed by atoms with Gasteiger partial charge in [-0.3, -0.25) is 0 Å². The monoisotopic (exact) mass is 203 g/mol. The van der Waals surface area contributed by atoms with Crippen LogP contribution in [0.4, 0.5) is 5.69 Å². The second-order valence-corrected chi connectivity index (χ2v) is 4.55. The number of ether oxygens (including phenoxy) is 1. The molecule has 2 heterocycles. The molecule has 0 aromatic heterocycles. The third-order valence-electron chi connectivity index (χ3n) is 3.49. The average molecular weight is 203 g/mol. The fourth-order valence-corrected chi connectivity index (χ4v) is 2.64. The Hall–Kier alpha value is -1.02. The number of nitrogens with zero attached hydrogens (tertiary/aromatic N) is 1. The molecule has 0 amide bonds. The minimum absolute atomic E-state index is 0.746. The Morgan fingerprint density at radius 1 is 1.33 bits per heavy atom. The summed E-state index contributed by atoms with van der Waals surface area (Å²) in [6.45, 7) is 4.28. The SMILES string of the molecule is c1ccc2c(c1)CCN2CC1CCOC1. The van der Waals surface area contributed by atoms with Gasteiger partial charge >= 0.3 is 0 Å². The highest BCUT2D eigenvalue weighted by Gasteiger charge is 2.23. The van der Waals surface area contributed by atoms with E-state index in [0.717, 1.165) is 19.1 Å². The van der Waals surface area contributed by atoms with Crippen LogP contribution < -0.4 is 4.90 Å². The van der Waals surface area contributed by atoms with E-state index in [4.69, 9.17) is 4.74 Å². The summed E-state index contributed by atoms with van der Waals surface area (Å²) in [6, 6.07) is 8.78. The lowest BCUT2D eigenvalue weighted by molar-refractivity contribution is 0.186. The van der Waals surface area contributed by atoms with Gasteiger partial charge in [-0.25, -0.2) is 0 Å². The molecule has 1 aromatic carbocycles. The van der Waals surface area contributed by atoms with Crippen LogP contribution in [0.3, 0.4) is 0 Å². The minimum Gasteiger partial charge on any atom is -0.381 e. The molecule has 2 aliphatic heterocycles. The van der Waals surface area contributed by atoms with Gasteiger partial charge in [0, 0.05) is 31.3 Å². The van der Waals surface area contributed by atoms with Crippen molar-refractivity contribution in [1.82, 2.24) is 0 Å². The highest BCUT2D eigenvalue weighted by molar-refractivity contribution is 5.57. The molecule has 0 bridgehead atoms. The normalized spacial score (nSPS) is 24.5. The number of benzene rings is 1. The average Bonchev–Trinajstić information content (AvgIpc) is 2.89. The number of hydrogen-bond acceptors (Lipinski definition) is 2. The van der Waals surface area contributed by atoms with Crippen LogP contribution in [-0.4, -0.2) is 26.3 Å². The standard InChI is InChI=1S/C13H17NO/c1-2-4-13-12(3-1)5-7-14(13)9-11-6-8-15-10-11/h1-4,11H,5-10H2. The van der Waals surface area contributed by atoms with Crippen molar-refractivity contribution in [3.05, 3.63) is 29.8 Å². The first-order chi connectivity index (χ1) is 7.43. The highest BCUT2D eigenvalue weighted by atomic mass is 16.5. The molecule has 0 spiro atoms. The third-order valence-corrected chi connectivity index (χ3v) is 3.49. The maximum absolute atomic E-state index is 5.43. The summed E-state index contributed by atoms with van der Waals surface area (Å²) in [5.41, 5.74) is 2.96. The van der Waals surface area contributed by atoms with Crippen molar-refractivity contribution >= 4 is 5.69 Å². The molecule has 2 heteroatoms. The van der Waals surface area contributed by atoms with Gasteiger partial charge in [-0.1, -0.05) is 18.2 Å². The Kier molecular flexibility index (Phi) is 2.37. The second kappa shape index (κ2) is 3.86. The van der Waals surface area contributed by atoms with Crippen LogP contribution in [0, 0.1) is 5.92 Å². The van der Waals surface area contributed by atoms with Crippen LogP contribution >= 0.6 is 0 Å². The molecule has 0 saturated carbocycles. The van der Waals surface area contributed by atoms with Crippen LogP contribution in [0.1, 0.15) is 12.0 Å². The number of anilines is 1. The van der Waals surface area contributed by atoms with Gasteiger partial charge in [0.2, 0.25) is 0 Å². The van der Waals surface area contributed by atoms with Gasteiger partial charge in [0.25, 0.3) is 0 Å². The molecule has 0 radical (unpaired) electrons. The third kappa shape index (κ3) is 1.74. The first kappa shape index (κ1) is 9.22. The van der Waals surface area contributed by atoms with Gasteiger partial charge in [0.05, 0.1) is 6.61 Å². The first-order valence-corrected chi connectivity index (χ1v) is 5.84. The largest absolute Gasteiger partial charge is 0.381 e. The molecule has 1 atom stereocenters. The number of para-hydroxylation sites is 1. The molecule has 1 saturated heterocycles. The van der Waals surface area contributed by atoms with Crippen molar-refractivity contribution in [2.45, 2.75) is 12.8 Å². The zero-order chi connectivity index (χ0) is 10.1. The van der Waals surface area contributed by atoms with Crippen LogP contribution in [0.5, 0.6) is 0 Å². The molecule has 0 aliphatic carbocycles. The molecular weight excluding hydrogens is 186 g/mol. The number of fused-ring (bicyclic) bond motifs is 1. The van der Waals surface area contributed by atoms with Crippen molar-refractivity contribution in [1.29, 1.82) is 0 Å². The molecule has 1 unspecified atom stereocenters. The lowest BCUT2D eigenvalue weighted by atomic mass is 10.1. The van der Waals surface area contributed by atoms with Crippen molar-refractivity contribution < 1.29 is 4.74 Å². The van der Waals surface area contributed by atoms with Gasteiger partial charge in [0.15, 0.2) is 0 Å². The number of hydrogen-bond donors (Lipinski definition) is 0. The Morgan fingerprint density at radius 2 is 2.27 bits per heavy atom. The second-order valence-electron chi connectivity index (χ2n) is 4.55. The van der Waals surface area contributed by atoms with E-state index in [1.54, 1.807) is 0 Å². The lowest BCUT2D eigenvalue weighted by Crippen LogP contribution is -2.27. The predicted octanol–water partition coefficient (Wildman–Crippen LogP) is 2.09. The quantitative estimate of drug-likeness (QED) is 0.729. The van der Waals surface area contributed by atoms with Gasteiger partial charge in [0.1, 0.15) is 0 Å². The zero-order valence-electron chi connectivity index (χ0n) is 8.98. The Bertz CT molecular complexity index is 344. The first-order valence-electron chi connectivity index (χ1n) is 5.84. The van der Waals surface area contributed by atoms with E-state index in [2.05, 4.69) is 29.2 Å². The fraction of sp³-hybridized carbons (Fsp3) is 0.538. The summed E-state index contributed by atoms with van der Waals surface area (Å²) < 4.78 is 5.43. The molecule has 1 aromatic rings. The van der Waals surface area contributed by atoms with Crippen LogP contribution in [0.25, 0.3) is 0 Å².